The minimum Gasteiger partial charge on any atom is -0.120 e. The van der Waals surface area contributed by atoms with Crippen molar-refractivity contribution >= 4 is 82.6 Å². The van der Waals surface area contributed by atoms with Crippen LogP contribution >= 0.6 is 82.6 Å². The molecule has 0 N–H and O–H groups in total. The molecule has 1 aliphatic rings. The molecule has 12 heavy (non-hydrogen) atoms. The lowest BCUT2D eigenvalue weighted by Gasteiger charge is -2.38. The molecule has 0 saturated heterocycles. The zero-order valence-corrected chi connectivity index (χ0v) is 12.8. The van der Waals surface area contributed by atoms with E-state index in [1.54, 1.807) is 0 Å². The van der Waals surface area contributed by atoms with E-state index in [1.165, 1.54) is 0 Å². The molecular formula is C6H6Br3Cl3. The van der Waals surface area contributed by atoms with Crippen LogP contribution in [0.2, 0.25) is 0 Å². The highest BCUT2D eigenvalue weighted by Crippen LogP contribution is 2.41. The first kappa shape index (κ1) is 12.4. The van der Waals surface area contributed by atoms with E-state index in [4.69, 9.17) is 34.8 Å². The summed E-state index contributed by atoms with van der Waals surface area (Å²) in [5.41, 5.74) is 0. The molecular weight excluding hydrogens is 418 g/mol. The van der Waals surface area contributed by atoms with Crippen LogP contribution in [0.15, 0.2) is 0 Å². The van der Waals surface area contributed by atoms with Crippen molar-refractivity contribution in [2.45, 2.75) is 30.6 Å². The standard InChI is InChI=1S/C6H6Br3Cl3/c7-1-2(8)4(10)6(12)5(11)3(1)9/h1-6H. The Kier molecular flexibility index (Phi) is 5.04. The zero-order valence-electron chi connectivity index (χ0n) is 5.73. The Morgan fingerprint density at radius 1 is 0.583 bits per heavy atom. The fraction of sp³-hybridized carbons (Fsp3) is 1.00. The maximum absolute atomic E-state index is 6.06. The summed E-state index contributed by atoms with van der Waals surface area (Å²) in [4.78, 5) is 0.486. The summed E-state index contributed by atoms with van der Waals surface area (Å²) in [7, 11) is 0. The molecule has 0 nitrogen and oxygen atoms in total. The molecule has 1 fully saturated rings. The average Bonchev–Trinajstić information content (AvgIpc) is 2.08. The molecule has 0 aromatic carbocycles. The summed E-state index contributed by atoms with van der Waals surface area (Å²) in [5, 5.41) is -0.504. The highest BCUT2D eigenvalue weighted by Gasteiger charge is 2.45. The molecule has 1 aliphatic carbocycles. The Morgan fingerprint density at radius 3 is 1.25 bits per heavy atom. The number of rotatable bonds is 0. The van der Waals surface area contributed by atoms with Gasteiger partial charge in [0.1, 0.15) is 0 Å². The Hall–Kier alpha value is 2.31. The second-order valence-electron chi connectivity index (χ2n) is 2.67. The molecule has 0 radical (unpaired) electrons. The van der Waals surface area contributed by atoms with Gasteiger partial charge in [0.05, 0.1) is 16.1 Å². The lowest BCUT2D eigenvalue weighted by atomic mass is 9.99. The topological polar surface area (TPSA) is 0 Å². The van der Waals surface area contributed by atoms with Gasteiger partial charge >= 0.3 is 0 Å². The van der Waals surface area contributed by atoms with Gasteiger partial charge in [-0.25, -0.2) is 0 Å². The molecule has 0 spiro atoms. The van der Waals surface area contributed by atoms with Gasteiger partial charge in [-0.1, -0.05) is 47.8 Å². The highest BCUT2D eigenvalue weighted by atomic mass is 79.9. The molecule has 0 aromatic rings. The molecule has 1 saturated carbocycles. The van der Waals surface area contributed by atoms with E-state index < -0.39 is 0 Å². The van der Waals surface area contributed by atoms with E-state index in [1.807, 2.05) is 0 Å². The summed E-state index contributed by atoms with van der Waals surface area (Å²) in [6.45, 7) is 0. The van der Waals surface area contributed by atoms with Crippen molar-refractivity contribution < 1.29 is 0 Å². The molecule has 0 amide bonds. The van der Waals surface area contributed by atoms with Crippen LogP contribution in [-0.2, 0) is 0 Å². The van der Waals surface area contributed by atoms with E-state index >= 15 is 0 Å². The molecule has 6 heteroatoms. The van der Waals surface area contributed by atoms with Crippen LogP contribution in [0.25, 0.3) is 0 Å². The summed E-state index contributed by atoms with van der Waals surface area (Å²) in [6, 6.07) is 0. The summed E-state index contributed by atoms with van der Waals surface area (Å²) < 4.78 is 0. The van der Waals surface area contributed by atoms with Crippen LogP contribution < -0.4 is 0 Å². The minimum atomic E-state index is -0.212. The van der Waals surface area contributed by atoms with Crippen molar-refractivity contribution in [2.24, 2.45) is 0 Å². The summed E-state index contributed by atoms with van der Waals surface area (Å²) in [5.74, 6) is 0. The Labute approximate surface area is 112 Å². The molecule has 0 bridgehead atoms. The average molecular weight is 424 g/mol. The number of hydrogen-bond acceptors (Lipinski definition) is 0. The first-order valence-corrected chi connectivity index (χ1v) is 7.37. The largest absolute Gasteiger partial charge is 0.120 e. The fourth-order valence-electron chi connectivity index (χ4n) is 1.05. The minimum absolute atomic E-state index is 0.140. The first-order chi connectivity index (χ1) is 5.46. The van der Waals surface area contributed by atoms with Gasteiger partial charge < -0.3 is 0 Å². The molecule has 1 rings (SSSR count). The van der Waals surface area contributed by atoms with Gasteiger partial charge in [0.2, 0.25) is 0 Å². The van der Waals surface area contributed by atoms with Gasteiger partial charge in [0.25, 0.3) is 0 Å². The smallest absolute Gasteiger partial charge is 0.0685 e. The third-order valence-corrected chi connectivity index (χ3v) is 9.16. The lowest BCUT2D eigenvalue weighted by molar-refractivity contribution is 0.577. The van der Waals surface area contributed by atoms with Crippen LogP contribution in [0, 0.1) is 0 Å². The monoisotopic (exact) mass is 420 g/mol. The van der Waals surface area contributed by atoms with E-state index in [2.05, 4.69) is 47.8 Å². The van der Waals surface area contributed by atoms with Gasteiger partial charge in [-0.15, -0.1) is 34.8 Å². The van der Waals surface area contributed by atoms with Gasteiger partial charge in [0.15, 0.2) is 0 Å². The molecule has 4 unspecified atom stereocenters. The second kappa shape index (κ2) is 4.89. The molecule has 0 heterocycles. The van der Waals surface area contributed by atoms with Crippen molar-refractivity contribution in [1.29, 1.82) is 0 Å². The normalized spacial score (nSPS) is 55.5. The summed E-state index contributed by atoms with van der Waals surface area (Å²) in [6.07, 6.45) is 0. The van der Waals surface area contributed by atoms with Crippen molar-refractivity contribution in [3.8, 4) is 0 Å². The maximum Gasteiger partial charge on any atom is 0.0685 e. The van der Waals surface area contributed by atoms with E-state index in [9.17, 15) is 0 Å². The predicted molar refractivity (Wildman–Crippen MR) is 67.1 cm³/mol. The fourth-order valence-corrected chi connectivity index (χ4v) is 5.15. The van der Waals surface area contributed by atoms with Gasteiger partial charge in [-0.3, -0.25) is 0 Å². The zero-order chi connectivity index (χ0) is 9.46. The summed E-state index contributed by atoms with van der Waals surface area (Å²) >= 11 is 28.6. The second-order valence-corrected chi connectivity index (χ2v) is 7.35. The maximum atomic E-state index is 6.06. The molecule has 0 aromatic heterocycles. The van der Waals surface area contributed by atoms with Crippen molar-refractivity contribution in [3.05, 3.63) is 0 Å². The lowest BCUT2D eigenvalue weighted by Crippen LogP contribution is -2.51. The van der Waals surface area contributed by atoms with Gasteiger partial charge in [-0.05, 0) is 0 Å². The quantitative estimate of drug-likeness (QED) is 0.514. The van der Waals surface area contributed by atoms with Crippen LogP contribution in [0.5, 0.6) is 0 Å². The first-order valence-electron chi connectivity index (χ1n) is 3.31. The van der Waals surface area contributed by atoms with Crippen molar-refractivity contribution in [3.63, 3.8) is 0 Å². The Bertz CT molecular complexity index is 110. The molecule has 72 valence electrons. The number of alkyl halides is 6. The SMILES string of the molecule is ClC1C(Cl)C(Br)C(Br)C(Br)C1Cl. The van der Waals surface area contributed by atoms with Crippen LogP contribution in [-0.4, -0.2) is 30.6 Å². The predicted octanol–water partition coefficient (Wildman–Crippen LogP) is 4.11. The Morgan fingerprint density at radius 2 is 0.917 bits per heavy atom. The number of halogens is 6. The third-order valence-electron chi connectivity index (χ3n) is 1.83. The van der Waals surface area contributed by atoms with Crippen molar-refractivity contribution in [2.75, 3.05) is 0 Å². The van der Waals surface area contributed by atoms with Gasteiger partial charge in [0, 0.05) is 14.5 Å². The third kappa shape index (κ3) is 2.27. The van der Waals surface area contributed by atoms with E-state index in [-0.39, 0.29) is 30.6 Å². The van der Waals surface area contributed by atoms with Crippen LogP contribution in [0.3, 0.4) is 0 Å². The van der Waals surface area contributed by atoms with Crippen LogP contribution in [0.1, 0.15) is 0 Å². The van der Waals surface area contributed by atoms with Crippen LogP contribution in [0.4, 0.5) is 0 Å². The Balaban J connectivity index is 2.76. The van der Waals surface area contributed by atoms with Crippen molar-refractivity contribution in [1.82, 2.24) is 0 Å². The molecule has 4 atom stereocenters. The number of hydrogen-bond donors (Lipinski definition) is 0. The van der Waals surface area contributed by atoms with E-state index in [0.717, 1.165) is 0 Å². The molecule has 0 aliphatic heterocycles. The van der Waals surface area contributed by atoms with E-state index in [0.29, 0.717) is 0 Å². The highest BCUT2D eigenvalue weighted by molar-refractivity contribution is 9.13. The van der Waals surface area contributed by atoms with Gasteiger partial charge in [-0.2, -0.15) is 0 Å².